The zero-order valence-corrected chi connectivity index (χ0v) is 8.79. The molecular weight excluding hydrogens is 222 g/mol. The van der Waals surface area contributed by atoms with E-state index in [4.69, 9.17) is 0 Å². The molecule has 1 aromatic carbocycles. The van der Waals surface area contributed by atoms with E-state index in [9.17, 15) is 13.6 Å². The molecule has 0 spiro atoms. The molecule has 0 aliphatic carbocycles. The van der Waals surface area contributed by atoms with Crippen LogP contribution in [0.15, 0.2) is 6.07 Å². The second kappa shape index (κ2) is 3.81. The van der Waals surface area contributed by atoms with Gasteiger partial charge in [0, 0.05) is 16.9 Å². The highest BCUT2D eigenvalue weighted by atomic mass is 32.2. The molecular formula is C10H8F2O2S. The van der Waals surface area contributed by atoms with Crippen molar-refractivity contribution in [1.29, 1.82) is 0 Å². The molecule has 0 atom stereocenters. The normalized spacial score (nSPS) is 15.0. The Morgan fingerprint density at radius 3 is 2.80 bits per heavy atom. The number of hydrogen-bond donors (Lipinski definition) is 0. The topological polar surface area (TPSA) is 26.3 Å². The lowest BCUT2D eigenvalue weighted by atomic mass is 10.0. The largest absolute Gasteiger partial charge is 0.491 e. The van der Waals surface area contributed by atoms with Crippen molar-refractivity contribution in [3.8, 4) is 5.75 Å². The molecule has 0 aromatic heterocycles. The number of methoxy groups -OCH3 is 1. The third-order valence-electron chi connectivity index (χ3n) is 2.26. The summed E-state index contributed by atoms with van der Waals surface area (Å²) >= 11 is 1.32. The molecule has 1 aliphatic rings. The molecule has 5 heteroatoms. The molecule has 15 heavy (non-hydrogen) atoms. The third kappa shape index (κ3) is 1.61. The van der Waals surface area contributed by atoms with Gasteiger partial charge < -0.3 is 4.74 Å². The highest BCUT2D eigenvalue weighted by Gasteiger charge is 2.25. The van der Waals surface area contributed by atoms with E-state index in [1.54, 1.807) is 0 Å². The smallest absolute Gasteiger partial charge is 0.190 e. The molecule has 2 rings (SSSR count). The summed E-state index contributed by atoms with van der Waals surface area (Å²) in [6.45, 7) is 0. The number of Topliss-reactive ketones (excluding diaryl/α,β-unsaturated/α-hetero) is 1. The van der Waals surface area contributed by atoms with Crippen LogP contribution in [0, 0.1) is 11.6 Å². The Hall–Kier alpha value is -1.10. The summed E-state index contributed by atoms with van der Waals surface area (Å²) < 4.78 is 31.6. The minimum atomic E-state index is -0.825. The molecule has 80 valence electrons. The van der Waals surface area contributed by atoms with Gasteiger partial charge in [-0.1, -0.05) is 0 Å². The summed E-state index contributed by atoms with van der Waals surface area (Å²) in [4.78, 5) is 11.4. The molecule has 2 nitrogen and oxygen atoms in total. The van der Waals surface area contributed by atoms with E-state index in [1.165, 1.54) is 18.9 Å². The van der Waals surface area contributed by atoms with Crippen molar-refractivity contribution in [2.24, 2.45) is 0 Å². The third-order valence-corrected chi connectivity index (χ3v) is 3.22. The number of fused-ring (bicyclic) bond motifs is 1. The van der Waals surface area contributed by atoms with Gasteiger partial charge in [-0.15, -0.1) is 11.8 Å². The van der Waals surface area contributed by atoms with Crippen molar-refractivity contribution in [2.45, 2.75) is 5.75 Å². The zero-order chi connectivity index (χ0) is 11.0. The molecule has 0 unspecified atom stereocenters. The van der Waals surface area contributed by atoms with Gasteiger partial charge in [0.05, 0.1) is 12.9 Å². The van der Waals surface area contributed by atoms with Crippen LogP contribution in [0.2, 0.25) is 0 Å². The maximum absolute atomic E-state index is 13.7. The summed E-state index contributed by atoms with van der Waals surface area (Å²) in [5, 5.41) is 0. The number of thioether (sulfide) groups is 1. The molecule has 1 aliphatic heterocycles. The minimum absolute atomic E-state index is 0.143. The lowest BCUT2D eigenvalue weighted by Crippen LogP contribution is -2.15. The van der Waals surface area contributed by atoms with Gasteiger partial charge in [0.1, 0.15) is 0 Å². The van der Waals surface area contributed by atoms with Crippen LogP contribution in [0.5, 0.6) is 5.75 Å². The van der Waals surface area contributed by atoms with E-state index in [0.717, 1.165) is 6.07 Å². The monoisotopic (exact) mass is 230 g/mol. The van der Waals surface area contributed by atoms with Gasteiger partial charge in [0.15, 0.2) is 23.2 Å². The fourth-order valence-corrected chi connectivity index (χ4v) is 2.47. The van der Waals surface area contributed by atoms with Crippen LogP contribution < -0.4 is 4.74 Å². The summed E-state index contributed by atoms with van der Waals surface area (Å²) in [7, 11) is 1.20. The van der Waals surface area contributed by atoms with Gasteiger partial charge in [-0.2, -0.15) is 0 Å². The first kappa shape index (κ1) is 10.4. The number of hydrogen-bond acceptors (Lipinski definition) is 3. The average Bonchev–Trinajstić information content (AvgIpc) is 2.20. The molecule has 0 saturated carbocycles. The Morgan fingerprint density at radius 1 is 1.40 bits per heavy atom. The molecule has 0 N–H and O–H groups in total. The van der Waals surface area contributed by atoms with Gasteiger partial charge in [-0.25, -0.2) is 8.78 Å². The molecule has 0 bridgehead atoms. The van der Waals surface area contributed by atoms with E-state index in [-0.39, 0.29) is 22.7 Å². The lowest BCUT2D eigenvalue weighted by molar-refractivity contribution is 0.101. The average molecular weight is 230 g/mol. The van der Waals surface area contributed by atoms with Crippen molar-refractivity contribution < 1.29 is 18.3 Å². The van der Waals surface area contributed by atoms with Crippen LogP contribution in [0.4, 0.5) is 8.78 Å². The zero-order valence-electron chi connectivity index (χ0n) is 7.97. The van der Waals surface area contributed by atoms with Gasteiger partial charge in [-0.05, 0) is 6.07 Å². The Morgan fingerprint density at radius 2 is 2.13 bits per heavy atom. The van der Waals surface area contributed by atoms with Gasteiger partial charge in [-0.3, -0.25) is 4.79 Å². The Balaban J connectivity index is 2.66. The first-order chi connectivity index (χ1) is 7.15. The van der Waals surface area contributed by atoms with Crippen molar-refractivity contribution in [2.75, 3.05) is 12.9 Å². The number of ether oxygens (including phenoxy) is 1. The van der Waals surface area contributed by atoms with E-state index < -0.39 is 17.4 Å². The molecule has 1 heterocycles. The molecule has 1 aromatic rings. The fourth-order valence-electron chi connectivity index (χ4n) is 1.54. The maximum atomic E-state index is 13.7. The Kier molecular flexibility index (Phi) is 2.65. The predicted octanol–water partition coefficient (Wildman–Crippen LogP) is 2.40. The number of carbonyl (C=O) groups is 1. The Labute approximate surface area is 89.6 Å². The second-order valence-corrected chi connectivity index (χ2v) is 4.13. The van der Waals surface area contributed by atoms with E-state index >= 15 is 0 Å². The summed E-state index contributed by atoms with van der Waals surface area (Å²) in [5.74, 6) is -1.57. The van der Waals surface area contributed by atoms with Crippen LogP contribution in [-0.4, -0.2) is 18.6 Å². The van der Waals surface area contributed by atoms with Crippen LogP contribution >= 0.6 is 11.8 Å². The van der Waals surface area contributed by atoms with Gasteiger partial charge in [0.2, 0.25) is 0 Å². The van der Waals surface area contributed by atoms with E-state index in [1.807, 2.05) is 0 Å². The SMILES string of the molecule is COc1c(F)cc2c(c1F)CSCC2=O. The number of benzene rings is 1. The Bertz CT molecular complexity index is 432. The molecule has 0 fully saturated rings. The van der Waals surface area contributed by atoms with Crippen LogP contribution in [0.25, 0.3) is 0 Å². The second-order valence-electron chi connectivity index (χ2n) is 3.15. The quantitative estimate of drug-likeness (QED) is 0.741. The first-order valence-corrected chi connectivity index (χ1v) is 5.46. The van der Waals surface area contributed by atoms with E-state index in [2.05, 4.69) is 4.74 Å². The van der Waals surface area contributed by atoms with Crippen molar-refractivity contribution in [3.05, 3.63) is 28.8 Å². The highest BCUT2D eigenvalue weighted by Crippen LogP contribution is 2.33. The fraction of sp³-hybridized carbons (Fsp3) is 0.300. The standard InChI is InChI=1S/C10H8F2O2S/c1-14-10-7(11)2-5-6(9(10)12)3-15-4-8(5)13/h2H,3-4H2,1H3. The van der Waals surface area contributed by atoms with Gasteiger partial charge >= 0.3 is 0 Å². The number of halogens is 2. The van der Waals surface area contributed by atoms with Crippen LogP contribution in [0.3, 0.4) is 0 Å². The van der Waals surface area contributed by atoms with Crippen molar-refractivity contribution >= 4 is 17.5 Å². The van der Waals surface area contributed by atoms with E-state index in [0.29, 0.717) is 5.75 Å². The van der Waals surface area contributed by atoms with Crippen molar-refractivity contribution in [1.82, 2.24) is 0 Å². The summed E-state index contributed by atoms with van der Waals surface area (Å²) in [6.07, 6.45) is 0. The lowest BCUT2D eigenvalue weighted by Gasteiger charge is -2.16. The van der Waals surface area contributed by atoms with Crippen molar-refractivity contribution in [3.63, 3.8) is 0 Å². The highest BCUT2D eigenvalue weighted by molar-refractivity contribution is 7.99. The summed E-state index contributed by atoms with van der Waals surface area (Å²) in [6, 6.07) is 1.05. The summed E-state index contributed by atoms with van der Waals surface area (Å²) in [5.41, 5.74) is 0.388. The maximum Gasteiger partial charge on any atom is 0.190 e. The number of rotatable bonds is 1. The first-order valence-electron chi connectivity index (χ1n) is 4.31. The molecule has 0 radical (unpaired) electrons. The van der Waals surface area contributed by atoms with Crippen LogP contribution in [-0.2, 0) is 5.75 Å². The van der Waals surface area contributed by atoms with Crippen LogP contribution in [0.1, 0.15) is 15.9 Å². The van der Waals surface area contributed by atoms with Gasteiger partial charge in [0.25, 0.3) is 0 Å². The number of ketones is 1. The molecule has 0 saturated heterocycles. The number of carbonyl (C=O) groups excluding carboxylic acids is 1. The minimum Gasteiger partial charge on any atom is -0.491 e. The molecule has 0 amide bonds. The predicted molar refractivity (Wildman–Crippen MR) is 53.4 cm³/mol.